The van der Waals surface area contributed by atoms with Crippen LogP contribution in [0.2, 0.25) is 0 Å². The number of carbonyl (C=O) groups is 1. The SMILES string of the molecule is O=C(Cc1ccccc1)N(CC1CCNC1)C1CC1. The van der Waals surface area contributed by atoms with Crippen LogP contribution in [0.25, 0.3) is 0 Å². The number of nitrogens with one attached hydrogen (secondary N) is 1. The Hall–Kier alpha value is -1.35. The Morgan fingerprint density at radius 3 is 2.63 bits per heavy atom. The van der Waals surface area contributed by atoms with Gasteiger partial charge in [0.1, 0.15) is 0 Å². The lowest BCUT2D eigenvalue weighted by Crippen LogP contribution is -2.38. The van der Waals surface area contributed by atoms with Crippen molar-refractivity contribution in [2.45, 2.75) is 31.7 Å². The largest absolute Gasteiger partial charge is 0.339 e. The number of hydrogen-bond acceptors (Lipinski definition) is 2. The van der Waals surface area contributed by atoms with Crippen LogP contribution in [0, 0.1) is 5.92 Å². The molecule has 1 amide bonds. The van der Waals surface area contributed by atoms with Crippen molar-refractivity contribution in [2.24, 2.45) is 5.92 Å². The Bertz CT molecular complexity index is 422. The molecule has 1 saturated heterocycles. The van der Waals surface area contributed by atoms with Crippen molar-refractivity contribution in [1.29, 1.82) is 0 Å². The molecule has 0 aromatic heterocycles. The Kier molecular flexibility index (Phi) is 3.83. The molecule has 3 heteroatoms. The summed E-state index contributed by atoms with van der Waals surface area (Å²) < 4.78 is 0. The fourth-order valence-corrected chi connectivity index (χ4v) is 2.86. The van der Waals surface area contributed by atoms with Gasteiger partial charge in [-0.3, -0.25) is 4.79 Å². The number of hydrogen-bond donors (Lipinski definition) is 1. The molecule has 1 aliphatic carbocycles. The van der Waals surface area contributed by atoms with E-state index in [9.17, 15) is 4.79 Å². The lowest BCUT2D eigenvalue weighted by molar-refractivity contribution is -0.131. The highest BCUT2D eigenvalue weighted by Crippen LogP contribution is 2.29. The van der Waals surface area contributed by atoms with E-state index < -0.39 is 0 Å². The molecule has 1 aromatic carbocycles. The summed E-state index contributed by atoms with van der Waals surface area (Å²) in [6, 6.07) is 10.6. The zero-order chi connectivity index (χ0) is 13.1. The van der Waals surface area contributed by atoms with E-state index in [-0.39, 0.29) is 0 Å². The second-order valence-electron chi connectivity index (χ2n) is 5.80. The predicted molar refractivity (Wildman–Crippen MR) is 75.9 cm³/mol. The van der Waals surface area contributed by atoms with E-state index in [4.69, 9.17) is 0 Å². The van der Waals surface area contributed by atoms with Gasteiger partial charge in [0.2, 0.25) is 5.91 Å². The standard InChI is InChI=1S/C16H22N2O/c19-16(10-13-4-2-1-3-5-13)18(15-6-7-15)12-14-8-9-17-11-14/h1-5,14-15,17H,6-12H2. The third kappa shape index (κ3) is 3.35. The Labute approximate surface area is 115 Å². The molecule has 102 valence electrons. The van der Waals surface area contributed by atoms with Gasteiger partial charge in [-0.15, -0.1) is 0 Å². The molecular formula is C16H22N2O. The molecule has 1 N–H and O–H groups in total. The molecule has 2 aliphatic rings. The second kappa shape index (κ2) is 5.74. The first-order chi connectivity index (χ1) is 9.33. The zero-order valence-electron chi connectivity index (χ0n) is 11.3. The van der Waals surface area contributed by atoms with Crippen LogP contribution in [-0.2, 0) is 11.2 Å². The van der Waals surface area contributed by atoms with E-state index in [1.165, 1.54) is 19.3 Å². The summed E-state index contributed by atoms with van der Waals surface area (Å²) >= 11 is 0. The number of nitrogens with zero attached hydrogens (tertiary/aromatic N) is 1. The average Bonchev–Trinajstić information content (AvgIpc) is 3.14. The fourth-order valence-electron chi connectivity index (χ4n) is 2.86. The molecule has 0 radical (unpaired) electrons. The molecule has 1 heterocycles. The minimum atomic E-state index is 0.306. The van der Waals surface area contributed by atoms with Crippen LogP contribution < -0.4 is 5.32 Å². The smallest absolute Gasteiger partial charge is 0.227 e. The molecule has 1 aromatic rings. The van der Waals surface area contributed by atoms with Gasteiger partial charge in [0.15, 0.2) is 0 Å². The van der Waals surface area contributed by atoms with Gasteiger partial charge in [-0.2, -0.15) is 0 Å². The van der Waals surface area contributed by atoms with Gasteiger partial charge in [0.05, 0.1) is 6.42 Å². The lowest BCUT2D eigenvalue weighted by atomic mass is 10.1. The second-order valence-corrected chi connectivity index (χ2v) is 5.80. The maximum atomic E-state index is 12.5. The highest BCUT2D eigenvalue weighted by molar-refractivity contribution is 5.79. The maximum Gasteiger partial charge on any atom is 0.227 e. The van der Waals surface area contributed by atoms with Crippen LogP contribution in [0.3, 0.4) is 0 Å². The molecule has 0 bridgehead atoms. The first-order valence-electron chi connectivity index (χ1n) is 7.37. The Morgan fingerprint density at radius 1 is 1.21 bits per heavy atom. The fraction of sp³-hybridized carbons (Fsp3) is 0.562. The van der Waals surface area contributed by atoms with Gasteiger partial charge in [-0.1, -0.05) is 30.3 Å². The van der Waals surface area contributed by atoms with Crippen LogP contribution in [0.1, 0.15) is 24.8 Å². The molecule has 3 nitrogen and oxygen atoms in total. The van der Waals surface area contributed by atoms with Crippen LogP contribution in [0.15, 0.2) is 30.3 Å². The van der Waals surface area contributed by atoms with Gasteiger partial charge in [0.25, 0.3) is 0 Å². The minimum Gasteiger partial charge on any atom is -0.339 e. The summed E-state index contributed by atoms with van der Waals surface area (Å²) in [5, 5.41) is 3.39. The van der Waals surface area contributed by atoms with Gasteiger partial charge in [-0.25, -0.2) is 0 Å². The van der Waals surface area contributed by atoms with Crippen molar-refractivity contribution in [2.75, 3.05) is 19.6 Å². The molecule has 1 aliphatic heterocycles. The quantitative estimate of drug-likeness (QED) is 0.874. The lowest BCUT2D eigenvalue weighted by Gasteiger charge is -2.25. The van der Waals surface area contributed by atoms with E-state index in [0.717, 1.165) is 25.2 Å². The van der Waals surface area contributed by atoms with Crippen LogP contribution >= 0.6 is 0 Å². The van der Waals surface area contributed by atoms with Crippen molar-refractivity contribution in [3.05, 3.63) is 35.9 Å². The molecule has 2 fully saturated rings. The number of rotatable bonds is 5. The Balaban J connectivity index is 1.61. The normalized spacial score (nSPS) is 22.4. The van der Waals surface area contributed by atoms with Gasteiger partial charge >= 0.3 is 0 Å². The van der Waals surface area contributed by atoms with Crippen molar-refractivity contribution < 1.29 is 4.79 Å². The van der Waals surface area contributed by atoms with Gasteiger partial charge in [0, 0.05) is 12.6 Å². The predicted octanol–water partition coefficient (Wildman–Crippen LogP) is 1.83. The summed E-state index contributed by atoms with van der Waals surface area (Å²) in [4.78, 5) is 14.6. The van der Waals surface area contributed by atoms with E-state index in [0.29, 0.717) is 24.3 Å². The summed E-state index contributed by atoms with van der Waals surface area (Å²) in [6.07, 6.45) is 4.15. The zero-order valence-corrected chi connectivity index (χ0v) is 11.3. The summed E-state index contributed by atoms with van der Waals surface area (Å²) in [5.74, 6) is 0.959. The summed E-state index contributed by atoms with van der Waals surface area (Å²) in [7, 11) is 0. The molecule has 1 unspecified atom stereocenters. The summed E-state index contributed by atoms with van der Waals surface area (Å²) in [5.41, 5.74) is 1.13. The number of benzene rings is 1. The topological polar surface area (TPSA) is 32.3 Å². The maximum absolute atomic E-state index is 12.5. The van der Waals surface area contributed by atoms with Crippen molar-refractivity contribution >= 4 is 5.91 Å². The van der Waals surface area contributed by atoms with E-state index in [1.807, 2.05) is 30.3 Å². The van der Waals surface area contributed by atoms with E-state index in [2.05, 4.69) is 10.2 Å². The average molecular weight is 258 g/mol. The molecule has 19 heavy (non-hydrogen) atoms. The van der Waals surface area contributed by atoms with Gasteiger partial charge in [-0.05, 0) is 43.8 Å². The highest BCUT2D eigenvalue weighted by atomic mass is 16.2. The monoisotopic (exact) mass is 258 g/mol. The molecule has 3 rings (SSSR count). The van der Waals surface area contributed by atoms with E-state index in [1.54, 1.807) is 0 Å². The first-order valence-corrected chi connectivity index (χ1v) is 7.37. The van der Waals surface area contributed by atoms with Crippen molar-refractivity contribution in [3.8, 4) is 0 Å². The first kappa shape index (κ1) is 12.7. The van der Waals surface area contributed by atoms with Crippen LogP contribution in [0.4, 0.5) is 0 Å². The van der Waals surface area contributed by atoms with Gasteiger partial charge < -0.3 is 10.2 Å². The van der Waals surface area contributed by atoms with Crippen molar-refractivity contribution in [1.82, 2.24) is 10.2 Å². The molecular weight excluding hydrogens is 236 g/mol. The Morgan fingerprint density at radius 2 is 2.00 bits per heavy atom. The third-order valence-electron chi connectivity index (χ3n) is 4.12. The molecule has 0 spiro atoms. The molecule has 1 saturated carbocycles. The number of amides is 1. The minimum absolute atomic E-state index is 0.306. The van der Waals surface area contributed by atoms with Crippen LogP contribution in [-0.4, -0.2) is 36.5 Å². The highest BCUT2D eigenvalue weighted by Gasteiger charge is 2.34. The summed E-state index contributed by atoms with van der Waals surface area (Å²) in [6.45, 7) is 3.13. The van der Waals surface area contributed by atoms with Crippen molar-refractivity contribution in [3.63, 3.8) is 0 Å². The molecule has 1 atom stereocenters. The van der Waals surface area contributed by atoms with E-state index >= 15 is 0 Å². The third-order valence-corrected chi connectivity index (χ3v) is 4.12. The number of carbonyl (C=O) groups excluding carboxylic acids is 1. The van der Waals surface area contributed by atoms with Crippen LogP contribution in [0.5, 0.6) is 0 Å².